The summed E-state index contributed by atoms with van der Waals surface area (Å²) in [6.45, 7) is 2.92. The van der Waals surface area contributed by atoms with Crippen LogP contribution in [-0.2, 0) is 5.92 Å². The smallest absolute Gasteiger partial charge is 0.285 e. The van der Waals surface area contributed by atoms with Crippen molar-refractivity contribution in [2.45, 2.75) is 25.9 Å². The quantitative estimate of drug-likeness (QED) is 0.890. The van der Waals surface area contributed by atoms with Crippen molar-refractivity contribution in [2.24, 2.45) is 5.73 Å². The Morgan fingerprint density at radius 1 is 1.44 bits per heavy atom. The molecule has 1 rings (SSSR count). The number of hydrogen-bond acceptors (Lipinski definition) is 2. The average molecular weight is 250 g/mol. The summed E-state index contributed by atoms with van der Waals surface area (Å²) in [6, 6.07) is 3.89. The molecule has 0 fully saturated rings. The van der Waals surface area contributed by atoms with Gasteiger partial charge < -0.3 is 10.5 Å². The summed E-state index contributed by atoms with van der Waals surface area (Å²) >= 11 is 5.84. The molecule has 2 N–H and O–H groups in total. The first-order valence-corrected chi connectivity index (χ1v) is 5.29. The van der Waals surface area contributed by atoms with E-state index in [2.05, 4.69) is 0 Å². The normalized spacial score (nSPS) is 11.9. The predicted molar refractivity (Wildman–Crippen MR) is 60.2 cm³/mol. The summed E-state index contributed by atoms with van der Waals surface area (Å²) in [4.78, 5) is 0. The van der Waals surface area contributed by atoms with E-state index in [4.69, 9.17) is 22.1 Å². The number of halogens is 3. The van der Waals surface area contributed by atoms with Crippen molar-refractivity contribution in [3.05, 3.63) is 28.8 Å². The Kier molecular flexibility index (Phi) is 4.10. The zero-order valence-corrected chi connectivity index (χ0v) is 9.89. The van der Waals surface area contributed by atoms with Gasteiger partial charge in [-0.25, -0.2) is 0 Å². The average Bonchev–Trinajstić information content (AvgIpc) is 2.20. The second-order valence-corrected chi connectivity index (χ2v) is 4.13. The largest absolute Gasteiger partial charge is 0.489 e. The van der Waals surface area contributed by atoms with Gasteiger partial charge in [0.1, 0.15) is 5.75 Å². The first-order chi connectivity index (χ1) is 7.36. The third kappa shape index (κ3) is 3.06. The van der Waals surface area contributed by atoms with E-state index in [1.165, 1.54) is 18.2 Å². The predicted octanol–water partition coefficient (Wildman–Crippen LogP) is 3.18. The molecule has 0 bridgehead atoms. The van der Waals surface area contributed by atoms with E-state index in [9.17, 15) is 8.78 Å². The first-order valence-electron chi connectivity index (χ1n) is 4.91. The highest BCUT2D eigenvalue weighted by molar-refractivity contribution is 6.32. The molecule has 0 unspecified atom stereocenters. The summed E-state index contributed by atoms with van der Waals surface area (Å²) in [5.41, 5.74) is 4.78. The lowest BCUT2D eigenvalue weighted by Crippen LogP contribution is -2.25. The molecule has 0 saturated heterocycles. The van der Waals surface area contributed by atoms with Crippen LogP contribution in [0.3, 0.4) is 0 Å². The summed E-state index contributed by atoms with van der Waals surface area (Å²) in [5.74, 6) is -2.66. The number of rotatable bonds is 4. The van der Waals surface area contributed by atoms with Gasteiger partial charge in [-0.1, -0.05) is 11.6 Å². The van der Waals surface area contributed by atoms with Crippen LogP contribution >= 0.6 is 11.6 Å². The second-order valence-electron chi connectivity index (χ2n) is 3.72. The highest BCUT2D eigenvalue weighted by Gasteiger charge is 2.30. The van der Waals surface area contributed by atoms with E-state index in [0.717, 1.165) is 0 Å². The molecule has 0 aliphatic carbocycles. The third-order valence-corrected chi connectivity index (χ3v) is 2.27. The monoisotopic (exact) mass is 249 g/mol. The van der Waals surface area contributed by atoms with Crippen LogP contribution in [0.1, 0.15) is 19.4 Å². The van der Waals surface area contributed by atoms with Gasteiger partial charge in [-0.05, 0) is 32.0 Å². The molecule has 0 atom stereocenters. The van der Waals surface area contributed by atoms with Crippen LogP contribution in [0.15, 0.2) is 18.2 Å². The number of benzene rings is 1. The van der Waals surface area contributed by atoms with Crippen molar-refractivity contribution < 1.29 is 13.5 Å². The standard InChI is InChI=1S/C11H14ClF2NO/c1-7(2)16-10-4-3-8(5-9(10)12)11(13,14)6-15/h3-5,7H,6,15H2,1-2H3. The van der Waals surface area contributed by atoms with Crippen molar-refractivity contribution in [1.29, 1.82) is 0 Å². The molecular weight excluding hydrogens is 236 g/mol. The highest BCUT2D eigenvalue weighted by atomic mass is 35.5. The lowest BCUT2D eigenvalue weighted by atomic mass is 10.1. The Bertz CT molecular complexity index is 369. The summed E-state index contributed by atoms with van der Waals surface area (Å²) in [5, 5.41) is 0.166. The molecule has 1 aromatic carbocycles. The van der Waals surface area contributed by atoms with Gasteiger partial charge in [-0.3, -0.25) is 0 Å². The van der Waals surface area contributed by atoms with Crippen LogP contribution < -0.4 is 10.5 Å². The highest BCUT2D eigenvalue weighted by Crippen LogP contribution is 2.33. The lowest BCUT2D eigenvalue weighted by molar-refractivity contribution is 0.00591. The lowest BCUT2D eigenvalue weighted by Gasteiger charge is -2.16. The van der Waals surface area contributed by atoms with Crippen LogP contribution in [-0.4, -0.2) is 12.6 Å². The first kappa shape index (κ1) is 13.2. The SMILES string of the molecule is CC(C)Oc1ccc(C(F)(F)CN)cc1Cl. The van der Waals surface area contributed by atoms with Crippen molar-refractivity contribution in [3.8, 4) is 5.75 Å². The molecular formula is C11H14ClF2NO. The summed E-state index contributed by atoms with van der Waals surface area (Å²) in [6.07, 6.45) is -0.0571. The van der Waals surface area contributed by atoms with E-state index in [1.807, 2.05) is 13.8 Å². The molecule has 1 aromatic rings. The minimum atomic E-state index is -3.06. The van der Waals surface area contributed by atoms with Crippen LogP contribution in [0.2, 0.25) is 5.02 Å². The maximum atomic E-state index is 13.2. The van der Waals surface area contributed by atoms with Crippen molar-refractivity contribution in [3.63, 3.8) is 0 Å². The fourth-order valence-corrected chi connectivity index (χ4v) is 1.42. The van der Waals surface area contributed by atoms with Crippen LogP contribution in [0.5, 0.6) is 5.75 Å². The number of ether oxygens (including phenoxy) is 1. The van der Waals surface area contributed by atoms with Crippen molar-refractivity contribution in [1.82, 2.24) is 0 Å². The molecule has 0 spiro atoms. The van der Waals surface area contributed by atoms with Crippen LogP contribution in [0.4, 0.5) is 8.78 Å². The topological polar surface area (TPSA) is 35.2 Å². The second kappa shape index (κ2) is 4.97. The molecule has 0 heterocycles. The van der Waals surface area contributed by atoms with Gasteiger partial charge in [0, 0.05) is 5.56 Å². The Morgan fingerprint density at radius 2 is 2.06 bits per heavy atom. The van der Waals surface area contributed by atoms with E-state index < -0.39 is 12.5 Å². The van der Waals surface area contributed by atoms with E-state index in [1.54, 1.807) is 0 Å². The zero-order valence-electron chi connectivity index (χ0n) is 9.14. The molecule has 0 aliphatic heterocycles. The van der Waals surface area contributed by atoms with Gasteiger partial charge in [-0.15, -0.1) is 0 Å². The van der Waals surface area contributed by atoms with E-state index in [0.29, 0.717) is 5.75 Å². The molecule has 2 nitrogen and oxygen atoms in total. The third-order valence-electron chi connectivity index (χ3n) is 1.97. The fourth-order valence-electron chi connectivity index (χ4n) is 1.20. The fraction of sp³-hybridized carbons (Fsp3) is 0.455. The molecule has 0 aromatic heterocycles. The van der Waals surface area contributed by atoms with Gasteiger partial charge in [-0.2, -0.15) is 8.78 Å². The maximum absolute atomic E-state index is 13.2. The Hall–Kier alpha value is -0.870. The Balaban J connectivity index is 2.99. The van der Waals surface area contributed by atoms with E-state index in [-0.39, 0.29) is 16.7 Å². The van der Waals surface area contributed by atoms with Gasteiger partial charge in [0.2, 0.25) is 0 Å². The van der Waals surface area contributed by atoms with Crippen LogP contribution in [0, 0.1) is 0 Å². The molecule has 0 amide bonds. The number of hydrogen-bond donors (Lipinski definition) is 1. The molecule has 0 saturated carbocycles. The molecule has 0 radical (unpaired) electrons. The summed E-state index contributed by atoms with van der Waals surface area (Å²) in [7, 11) is 0. The molecule has 90 valence electrons. The van der Waals surface area contributed by atoms with Gasteiger partial charge >= 0.3 is 0 Å². The van der Waals surface area contributed by atoms with Gasteiger partial charge in [0.15, 0.2) is 0 Å². The van der Waals surface area contributed by atoms with Crippen molar-refractivity contribution >= 4 is 11.6 Å². The Labute approximate surface area is 98.3 Å². The molecule has 0 aliphatic rings. The van der Waals surface area contributed by atoms with Crippen LogP contribution in [0.25, 0.3) is 0 Å². The van der Waals surface area contributed by atoms with Crippen molar-refractivity contribution in [2.75, 3.05) is 6.54 Å². The minimum absolute atomic E-state index is 0.0571. The van der Waals surface area contributed by atoms with Gasteiger partial charge in [0.25, 0.3) is 5.92 Å². The van der Waals surface area contributed by atoms with Gasteiger partial charge in [0.05, 0.1) is 17.7 Å². The molecule has 5 heteroatoms. The summed E-state index contributed by atoms with van der Waals surface area (Å²) < 4.78 is 31.8. The number of alkyl halides is 2. The molecule has 16 heavy (non-hydrogen) atoms. The maximum Gasteiger partial charge on any atom is 0.285 e. The number of nitrogens with two attached hydrogens (primary N) is 1. The minimum Gasteiger partial charge on any atom is -0.489 e. The van der Waals surface area contributed by atoms with E-state index >= 15 is 0 Å². The zero-order chi connectivity index (χ0) is 12.3. The Morgan fingerprint density at radius 3 is 2.50 bits per heavy atom.